The lowest BCUT2D eigenvalue weighted by molar-refractivity contribution is 0.00498. The maximum absolute atomic E-state index is 5.30. The molecule has 8 nitrogen and oxygen atoms in total. The van der Waals surface area contributed by atoms with E-state index >= 15 is 0 Å². The molecule has 3 heterocycles. The summed E-state index contributed by atoms with van der Waals surface area (Å²) < 4.78 is 10.6. The van der Waals surface area contributed by atoms with Crippen LogP contribution in [0.4, 0.5) is 0 Å². The third kappa shape index (κ3) is 3.81. The lowest BCUT2D eigenvalue weighted by Gasteiger charge is -2.45. The van der Waals surface area contributed by atoms with Gasteiger partial charge in [0.05, 0.1) is 13.1 Å². The highest BCUT2D eigenvalue weighted by Gasteiger charge is 2.33. The van der Waals surface area contributed by atoms with E-state index in [0.717, 1.165) is 25.9 Å². The second-order valence-corrected chi connectivity index (χ2v) is 6.45. The van der Waals surface area contributed by atoms with Crippen LogP contribution >= 0.6 is 0 Å². The van der Waals surface area contributed by atoms with Gasteiger partial charge in [0, 0.05) is 25.2 Å². The smallest absolute Gasteiger partial charge is 0.240 e. The Morgan fingerprint density at radius 1 is 0.833 bits per heavy atom. The van der Waals surface area contributed by atoms with E-state index in [-0.39, 0.29) is 0 Å². The first-order valence-corrected chi connectivity index (χ1v) is 8.65. The highest BCUT2D eigenvalue weighted by atomic mass is 16.5. The summed E-state index contributed by atoms with van der Waals surface area (Å²) in [6.07, 6.45) is 2.14. The molecule has 0 N–H and O–H groups in total. The highest BCUT2D eigenvalue weighted by molar-refractivity contribution is 4.93. The standard InChI is InChI=1S/C16H26N6O2/c1-5-13-7-22(10-16-18-12(4)20-24-16)14(6-2)8-21(13)9-15-17-11(3)19-23-15/h13-14H,5-10H2,1-4H3/t13-,14-/m1/s1. The minimum atomic E-state index is 0.448. The average Bonchev–Trinajstić information content (AvgIpc) is 3.16. The molecule has 0 unspecified atom stereocenters. The first kappa shape index (κ1) is 17.0. The fourth-order valence-corrected chi connectivity index (χ4v) is 3.39. The van der Waals surface area contributed by atoms with Crippen molar-refractivity contribution in [2.45, 2.75) is 65.7 Å². The highest BCUT2D eigenvalue weighted by Crippen LogP contribution is 2.23. The van der Waals surface area contributed by atoms with Gasteiger partial charge in [-0.25, -0.2) is 0 Å². The van der Waals surface area contributed by atoms with E-state index in [1.165, 1.54) is 0 Å². The maximum Gasteiger partial charge on any atom is 0.240 e. The Labute approximate surface area is 142 Å². The van der Waals surface area contributed by atoms with E-state index in [2.05, 4.69) is 43.9 Å². The number of aromatic nitrogens is 4. The van der Waals surface area contributed by atoms with Gasteiger partial charge in [0.1, 0.15) is 0 Å². The largest absolute Gasteiger partial charge is 0.338 e. The molecule has 132 valence electrons. The SMILES string of the molecule is CC[C@@H]1CN(Cc2nc(C)no2)[C@H](CC)CN1Cc1nc(C)no1. The van der Waals surface area contributed by atoms with Crippen LogP contribution in [0.2, 0.25) is 0 Å². The van der Waals surface area contributed by atoms with Gasteiger partial charge in [-0.15, -0.1) is 0 Å². The number of piperazine rings is 1. The number of nitrogens with zero attached hydrogens (tertiary/aromatic N) is 6. The van der Waals surface area contributed by atoms with Crippen LogP contribution in [-0.4, -0.2) is 55.3 Å². The molecule has 0 radical (unpaired) electrons. The number of aryl methyl sites for hydroxylation is 2. The van der Waals surface area contributed by atoms with Gasteiger partial charge < -0.3 is 9.05 Å². The van der Waals surface area contributed by atoms with Crippen LogP contribution in [0.5, 0.6) is 0 Å². The molecular weight excluding hydrogens is 308 g/mol. The van der Waals surface area contributed by atoms with Crippen LogP contribution in [0.25, 0.3) is 0 Å². The van der Waals surface area contributed by atoms with Gasteiger partial charge in [0.15, 0.2) is 11.6 Å². The summed E-state index contributed by atoms with van der Waals surface area (Å²) in [5.41, 5.74) is 0. The van der Waals surface area contributed by atoms with Gasteiger partial charge in [0.2, 0.25) is 11.8 Å². The summed E-state index contributed by atoms with van der Waals surface area (Å²) in [6.45, 7) is 11.5. The molecule has 1 saturated heterocycles. The number of rotatable bonds is 6. The van der Waals surface area contributed by atoms with Crippen molar-refractivity contribution in [3.05, 3.63) is 23.4 Å². The molecule has 0 aliphatic carbocycles. The minimum Gasteiger partial charge on any atom is -0.338 e. The molecule has 8 heteroatoms. The van der Waals surface area contributed by atoms with Crippen molar-refractivity contribution in [3.8, 4) is 0 Å². The molecule has 3 rings (SSSR count). The van der Waals surface area contributed by atoms with Crippen LogP contribution in [-0.2, 0) is 13.1 Å². The number of hydrogen-bond donors (Lipinski definition) is 0. The van der Waals surface area contributed by atoms with Gasteiger partial charge in [-0.3, -0.25) is 9.80 Å². The molecule has 0 aromatic carbocycles. The van der Waals surface area contributed by atoms with E-state index in [4.69, 9.17) is 9.05 Å². The average molecular weight is 334 g/mol. The first-order valence-electron chi connectivity index (χ1n) is 8.65. The van der Waals surface area contributed by atoms with Crippen molar-refractivity contribution in [2.24, 2.45) is 0 Å². The van der Waals surface area contributed by atoms with Crippen molar-refractivity contribution in [3.63, 3.8) is 0 Å². The van der Waals surface area contributed by atoms with Crippen molar-refractivity contribution < 1.29 is 9.05 Å². The van der Waals surface area contributed by atoms with Crippen molar-refractivity contribution in [1.29, 1.82) is 0 Å². The fourth-order valence-electron chi connectivity index (χ4n) is 3.39. The Morgan fingerprint density at radius 3 is 1.54 bits per heavy atom. The molecule has 0 spiro atoms. The van der Waals surface area contributed by atoms with Gasteiger partial charge >= 0.3 is 0 Å². The predicted molar refractivity (Wildman–Crippen MR) is 87.0 cm³/mol. The number of hydrogen-bond acceptors (Lipinski definition) is 8. The van der Waals surface area contributed by atoms with Crippen LogP contribution < -0.4 is 0 Å². The molecule has 2 aromatic rings. The summed E-state index contributed by atoms with van der Waals surface area (Å²) in [5, 5.41) is 7.79. The third-order valence-electron chi connectivity index (χ3n) is 4.68. The molecule has 2 aromatic heterocycles. The van der Waals surface area contributed by atoms with E-state index < -0.39 is 0 Å². The quantitative estimate of drug-likeness (QED) is 0.792. The predicted octanol–water partition coefficient (Wildman–Crippen LogP) is 1.94. The normalized spacial score (nSPS) is 23.0. The first-order chi connectivity index (χ1) is 11.6. The molecule has 0 saturated carbocycles. The summed E-state index contributed by atoms with van der Waals surface area (Å²) in [4.78, 5) is 13.6. The maximum atomic E-state index is 5.30. The van der Waals surface area contributed by atoms with Gasteiger partial charge in [-0.1, -0.05) is 24.2 Å². The van der Waals surface area contributed by atoms with E-state index in [0.29, 0.717) is 48.6 Å². The Balaban J connectivity index is 1.69. The molecular formula is C16H26N6O2. The lowest BCUT2D eigenvalue weighted by Crippen LogP contribution is -2.57. The fraction of sp³-hybridized carbons (Fsp3) is 0.750. The van der Waals surface area contributed by atoms with Gasteiger partial charge in [-0.05, 0) is 26.7 Å². The molecule has 1 fully saturated rings. The van der Waals surface area contributed by atoms with Gasteiger partial charge in [-0.2, -0.15) is 9.97 Å². The van der Waals surface area contributed by atoms with Crippen LogP contribution in [0.1, 0.15) is 50.1 Å². The second-order valence-electron chi connectivity index (χ2n) is 6.45. The summed E-state index contributed by atoms with van der Waals surface area (Å²) >= 11 is 0. The zero-order valence-electron chi connectivity index (χ0n) is 14.9. The Morgan fingerprint density at radius 2 is 1.25 bits per heavy atom. The van der Waals surface area contributed by atoms with E-state index in [1.807, 2.05) is 13.8 Å². The summed E-state index contributed by atoms with van der Waals surface area (Å²) in [7, 11) is 0. The Hall–Kier alpha value is -1.80. The van der Waals surface area contributed by atoms with E-state index in [9.17, 15) is 0 Å². The zero-order valence-corrected chi connectivity index (χ0v) is 14.9. The Bertz CT molecular complexity index is 598. The van der Waals surface area contributed by atoms with Crippen LogP contribution in [0.15, 0.2) is 9.05 Å². The monoisotopic (exact) mass is 334 g/mol. The summed E-state index contributed by atoms with van der Waals surface area (Å²) in [6, 6.07) is 0.896. The second kappa shape index (κ2) is 7.40. The third-order valence-corrected chi connectivity index (χ3v) is 4.68. The van der Waals surface area contributed by atoms with Crippen molar-refractivity contribution in [1.82, 2.24) is 30.1 Å². The minimum absolute atomic E-state index is 0.448. The van der Waals surface area contributed by atoms with Crippen molar-refractivity contribution >= 4 is 0 Å². The van der Waals surface area contributed by atoms with Crippen molar-refractivity contribution in [2.75, 3.05) is 13.1 Å². The molecule has 1 aliphatic heterocycles. The topological polar surface area (TPSA) is 84.3 Å². The Kier molecular flexibility index (Phi) is 5.25. The molecule has 24 heavy (non-hydrogen) atoms. The molecule has 2 atom stereocenters. The lowest BCUT2D eigenvalue weighted by atomic mass is 10.0. The van der Waals surface area contributed by atoms with Crippen LogP contribution in [0.3, 0.4) is 0 Å². The molecule has 0 bridgehead atoms. The zero-order chi connectivity index (χ0) is 17.1. The van der Waals surface area contributed by atoms with E-state index in [1.54, 1.807) is 0 Å². The van der Waals surface area contributed by atoms with Crippen LogP contribution in [0, 0.1) is 13.8 Å². The van der Waals surface area contributed by atoms with Gasteiger partial charge in [0.25, 0.3) is 0 Å². The molecule has 0 amide bonds. The summed E-state index contributed by atoms with van der Waals surface area (Å²) in [5.74, 6) is 2.77. The molecule has 1 aliphatic rings.